The summed E-state index contributed by atoms with van der Waals surface area (Å²) in [7, 11) is 0. The molecule has 0 spiro atoms. The fourth-order valence-corrected chi connectivity index (χ4v) is 1.26. The first-order valence-electron chi connectivity index (χ1n) is 6.08. The zero-order chi connectivity index (χ0) is 13.5. The number of amides is 2. The van der Waals surface area contributed by atoms with Crippen LogP contribution in [0, 0.1) is 0 Å². The fourth-order valence-electron chi connectivity index (χ4n) is 1.26. The van der Waals surface area contributed by atoms with Gasteiger partial charge >= 0.3 is 0 Å². The Labute approximate surface area is 104 Å². The van der Waals surface area contributed by atoms with Gasteiger partial charge in [0, 0.05) is 25.0 Å². The van der Waals surface area contributed by atoms with Crippen molar-refractivity contribution in [3.05, 3.63) is 0 Å². The van der Waals surface area contributed by atoms with Crippen molar-refractivity contribution in [2.45, 2.75) is 52.6 Å². The van der Waals surface area contributed by atoms with Crippen molar-refractivity contribution in [1.82, 2.24) is 16.0 Å². The lowest BCUT2D eigenvalue weighted by molar-refractivity contribution is -0.125. The number of hydrogen-bond acceptors (Lipinski definition) is 3. The normalized spacial score (nSPS) is 13.0. The molecule has 2 amide bonds. The van der Waals surface area contributed by atoms with Gasteiger partial charge in [-0.05, 0) is 34.6 Å². The third-order valence-electron chi connectivity index (χ3n) is 2.07. The van der Waals surface area contributed by atoms with Crippen LogP contribution in [0.4, 0.5) is 0 Å². The molecular formula is C12H25N3O2. The average Bonchev–Trinajstić information content (AvgIpc) is 2.15. The molecule has 0 saturated heterocycles. The second-order valence-electron chi connectivity index (χ2n) is 5.12. The first kappa shape index (κ1) is 15.9. The monoisotopic (exact) mass is 243 g/mol. The van der Waals surface area contributed by atoms with E-state index in [0.29, 0.717) is 19.5 Å². The summed E-state index contributed by atoms with van der Waals surface area (Å²) < 4.78 is 0. The van der Waals surface area contributed by atoms with Crippen LogP contribution < -0.4 is 16.0 Å². The molecule has 0 rings (SSSR count). The molecule has 1 atom stereocenters. The Morgan fingerprint density at radius 1 is 1.24 bits per heavy atom. The van der Waals surface area contributed by atoms with Crippen molar-refractivity contribution in [2.75, 3.05) is 13.1 Å². The Balaban J connectivity index is 3.82. The number of carbonyl (C=O) groups excluding carboxylic acids is 2. The Morgan fingerprint density at radius 3 is 2.29 bits per heavy atom. The summed E-state index contributed by atoms with van der Waals surface area (Å²) >= 11 is 0. The van der Waals surface area contributed by atoms with Gasteiger partial charge in [0.25, 0.3) is 0 Å². The summed E-state index contributed by atoms with van der Waals surface area (Å²) in [5.74, 6) is -0.0446. The quantitative estimate of drug-likeness (QED) is 0.632. The first-order valence-corrected chi connectivity index (χ1v) is 6.08. The van der Waals surface area contributed by atoms with E-state index in [4.69, 9.17) is 0 Å². The molecule has 0 aliphatic heterocycles. The molecule has 0 saturated carbocycles. The van der Waals surface area contributed by atoms with Gasteiger partial charge in [0.05, 0.1) is 6.04 Å². The highest BCUT2D eigenvalue weighted by atomic mass is 16.2. The van der Waals surface area contributed by atoms with E-state index in [9.17, 15) is 9.59 Å². The molecule has 100 valence electrons. The van der Waals surface area contributed by atoms with Crippen LogP contribution in [0.5, 0.6) is 0 Å². The average molecular weight is 243 g/mol. The molecule has 5 heteroatoms. The minimum absolute atomic E-state index is 0.00318. The van der Waals surface area contributed by atoms with Crippen LogP contribution in [0.25, 0.3) is 0 Å². The Kier molecular flexibility index (Phi) is 6.80. The lowest BCUT2D eigenvalue weighted by Gasteiger charge is -2.23. The highest BCUT2D eigenvalue weighted by molar-refractivity contribution is 5.82. The fraction of sp³-hybridized carbons (Fsp3) is 0.833. The maximum Gasteiger partial charge on any atom is 0.237 e. The maximum absolute atomic E-state index is 11.7. The zero-order valence-electron chi connectivity index (χ0n) is 11.5. The van der Waals surface area contributed by atoms with Crippen molar-refractivity contribution in [3.63, 3.8) is 0 Å². The van der Waals surface area contributed by atoms with Crippen LogP contribution >= 0.6 is 0 Å². The van der Waals surface area contributed by atoms with Gasteiger partial charge in [-0.1, -0.05) is 0 Å². The number of carbonyl (C=O) groups is 2. The Hall–Kier alpha value is -1.10. The lowest BCUT2D eigenvalue weighted by atomic mass is 10.1. The van der Waals surface area contributed by atoms with E-state index in [1.165, 1.54) is 0 Å². The smallest absolute Gasteiger partial charge is 0.237 e. The van der Waals surface area contributed by atoms with E-state index < -0.39 is 0 Å². The predicted molar refractivity (Wildman–Crippen MR) is 68.7 cm³/mol. The van der Waals surface area contributed by atoms with E-state index in [0.717, 1.165) is 0 Å². The van der Waals surface area contributed by atoms with Crippen molar-refractivity contribution >= 4 is 11.8 Å². The maximum atomic E-state index is 11.7. The Morgan fingerprint density at radius 2 is 1.82 bits per heavy atom. The van der Waals surface area contributed by atoms with E-state index >= 15 is 0 Å². The lowest BCUT2D eigenvalue weighted by Crippen LogP contribution is -2.50. The molecule has 0 aliphatic carbocycles. The summed E-state index contributed by atoms with van der Waals surface area (Å²) in [6.07, 6.45) is 0.390. The molecule has 0 aromatic carbocycles. The van der Waals surface area contributed by atoms with Gasteiger partial charge in [0.15, 0.2) is 0 Å². The molecule has 0 heterocycles. The molecule has 0 fully saturated rings. The van der Waals surface area contributed by atoms with Crippen LogP contribution in [-0.2, 0) is 9.59 Å². The number of hydrogen-bond donors (Lipinski definition) is 3. The summed E-state index contributed by atoms with van der Waals surface area (Å²) in [6.45, 7) is 10.6. The van der Waals surface area contributed by atoms with Gasteiger partial charge in [-0.25, -0.2) is 0 Å². The van der Waals surface area contributed by atoms with Gasteiger partial charge in [-0.15, -0.1) is 0 Å². The predicted octanol–water partition coefficient (Wildman–Crippen LogP) is 0.405. The van der Waals surface area contributed by atoms with Crippen LogP contribution in [0.2, 0.25) is 0 Å². The summed E-state index contributed by atoms with van der Waals surface area (Å²) in [5.41, 5.74) is -0.230. The summed E-state index contributed by atoms with van der Waals surface area (Å²) in [6, 6.07) is -0.288. The second kappa shape index (κ2) is 7.27. The number of nitrogens with one attached hydrogen (secondary N) is 3. The van der Waals surface area contributed by atoms with Crippen molar-refractivity contribution in [3.8, 4) is 0 Å². The third kappa shape index (κ3) is 8.68. The zero-order valence-corrected chi connectivity index (χ0v) is 11.5. The van der Waals surface area contributed by atoms with E-state index in [1.54, 1.807) is 6.92 Å². The van der Waals surface area contributed by atoms with E-state index in [-0.39, 0.29) is 23.4 Å². The Bertz CT molecular complexity index is 259. The van der Waals surface area contributed by atoms with Crippen LogP contribution in [-0.4, -0.2) is 36.5 Å². The molecule has 17 heavy (non-hydrogen) atoms. The van der Waals surface area contributed by atoms with E-state index in [1.807, 2.05) is 27.7 Å². The van der Waals surface area contributed by atoms with E-state index in [2.05, 4.69) is 16.0 Å². The largest absolute Gasteiger partial charge is 0.356 e. The number of rotatable bonds is 6. The first-order chi connectivity index (χ1) is 7.76. The summed E-state index contributed by atoms with van der Waals surface area (Å²) in [4.78, 5) is 22.9. The van der Waals surface area contributed by atoms with Gasteiger partial charge < -0.3 is 16.0 Å². The molecule has 0 aliphatic rings. The molecule has 0 aromatic rings. The molecule has 5 nitrogen and oxygen atoms in total. The van der Waals surface area contributed by atoms with Crippen LogP contribution in [0.1, 0.15) is 41.0 Å². The van der Waals surface area contributed by atoms with Crippen LogP contribution in [0.3, 0.4) is 0 Å². The molecule has 1 unspecified atom stereocenters. The van der Waals surface area contributed by atoms with Gasteiger partial charge in [0.1, 0.15) is 0 Å². The van der Waals surface area contributed by atoms with Gasteiger partial charge in [-0.2, -0.15) is 0 Å². The minimum Gasteiger partial charge on any atom is -0.356 e. The molecule has 0 aromatic heterocycles. The highest BCUT2D eigenvalue weighted by Gasteiger charge is 2.18. The topological polar surface area (TPSA) is 70.2 Å². The molecule has 3 N–H and O–H groups in total. The highest BCUT2D eigenvalue weighted by Crippen LogP contribution is 1.99. The van der Waals surface area contributed by atoms with Gasteiger partial charge in [-0.3, -0.25) is 9.59 Å². The van der Waals surface area contributed by atoms with Crippen molar-refractivity contribution < 1.29 is 9.59 Å². The standard InChI is InChI=1S/C12H25N3O2/c1-6-13-10(16)7-8-14-9(2)11(17)15-12(3,4)5/h9,14H,6-8H2,1-5H3,(H,13,16)(H,15,17). The molecule has 0 radical (unpaired) electrons. The van der Waals surface area contributed by atoms with Gasteiger partial charge in [0.2, 0.25) is 11.8 Å². The minimum atomic E-state index is -0.288. The van der Waals surface area contributed by atoms with Crippen molar-refractivity contribution in [2.24, 2.45) is 0 Å². The summed E-state index contributed by atoms with van der Waals surface area (Å²) in [5, 5.41) is 8.61. The van der Waals surface area contributed by atoms with Crippen molar-refractivity contribution in [1.29, 1.82) is 0 Å². The molecule has 0 bridgehead atoms. The SMILES string of the molecule is CCNC(=O)CCNC(C)C(=O)NC(C)(C)C. The van der Waals surface area contributed by atoms with Crippen LogP contribution in [0.15, 0.2) is 0 Å². The third-order valence-corrected chi connectivity index (χ3v) is 2.07. The second-order valence-corrected chi connectivity index (χ2v) is 5.12. The molecular weight excluding hydrogens is 218 g/mol.